The summed E-state index contributed by atoms with van der Waals surface area (Å²) in [7, 11) is 0. The maximum Gasteiger partial charge on any atom is 0.157 e. The molecule has 0 aromatic rings. The molecule has 0 amide bonds. The van der Waals surface area contributed by atoms with Crippen LogP contribution in [0.3, 0.4) is 0 Å². The Kier molecular flexibility index (Phi) is 17.8. The van der Waals surface area contributed by atoms with E-state index in [-0.39, 0.29) is 12.9 Å². The largest absolute Gasteiger partial charge is 0.396 e. The van der Waals surface area contributed by atoms with Gasteiger partial charge in [-0.25, -0.2) is 0 Å². The molecule has 21 heavy (non-hydrogen) atoms. The maximum atomic E-state index is 8.94. The van der Waals surface area contributed by atoms with Crippen LogP contribution in [0.25, 0.3) is 0 Å². The van der Waals surface area contributed by atoms with Gasteiger partial charge in [0, 0.05) is 26.2 Å². The molecule has 0 fully saturated rings. The Labute approximate surface area is 132 Å². The quantitative estimate of drug-likeness (QED) is 0.301. The van der Waals surface area contributed by atoms with Gasteiger partial charge in [0.1, 0.15) is 0 Å². The van der Waals surface area contributed by atoms with E-state index in [1.165, 1.54) is 51.4 Å². The van der Waals surface area contributed by atoms with Gasteiger partial charge in [0.15, 0.2) is 6.29 Å². The Bertz CT molecular complexity index is 169. The average molecular weight is 302 g/mol. The summed E-state index contributed by atoms with van der Waals surface area (Å²) in [4.78, 5) is 0. The monoisotopic (exact) mass is 302 g/mol. The fraction of sp³-hybridized carbons (Fsp3) is 1.00. The second kappa shape index (κ2) is 17.9. The molecule has 0 aliphatic carbocycles. The van der Waals surface area contributed by atoms with E-state index in [9.17, 15) is 0 Å². The summed E-state index contributed by atoms with van der Waals surface area (Å²) in [6.07, 6.45) is 14.0. The minimum absolute atomic E-state index is 0.116. The van der Waals surface area contributed by atoms with Crippen LogP contribution in [0, 0.1) is 0 Å². The van der Waals surface area contributed by atoms with Gasteiger partial charge in [0.25, 0.3) is 0 Å². The lowest BCUT2D eigenvalue weighted by molar-refractivity contribution is -0.148. The van der Waals surface area contributed by atoms with E-state index in [0.717, 1.165) is 38.9 Å². The minimum atomic E-state index is -0.116. The minimum Gasteiger partial charge on any atom is -0.396 e. The molecule has 0 aromatic carbocycles. The fourth-order valence-corrected chi connectivity index (χ4v) is 2.31. The van der Waals surface area contributed by atoms with Crippen molar-refractivity contribution in [1.82, 2.24) is 0 Å². The number of rotatable bonds is 17. The van der Waals surface area contributed by atoms with Crippen LogP contribution < -0.4 is 0 Å². The van der Waals surface area contributed by atoms with Crippen molar-refractivity contribution in [3.63, 3.8) is 0 Å². The summed E-state index contributed by atoms with van der Waals surface area (Å²) in [5, 5.41) is 8.94. The van der Waals surface area contributed by atoms with E-state index in [2.05, 4.69) is 13.8 Å². The third kappa shape index (κ3) is 16.1. The molecule has 0 spiro atoms. The summed E-state index contributed by atoms with van der Waals surface area (Å²) in [6, 6.07) is 0. The highest BCUT2D eigenvalue weighted by atomic mass is 16.7. The SMILES string of the molecule is CCCCCCCOC(CCCO)OCCCCCCC. The van der Waals surface area contributed by atoms with Crippen molar-refractivity contribution >= 4 is 0 Å². The number of hydrogen-bond donors (Lipinski definition) is 1. The zero-order valence-electron chi connectivity index (χ0n) is 14.4. The third-order valence-electron chi connectivity index (χ3n) is 3.70. The first-order valence-corrected chi connectivity index (χ1v) is 9.19. The summed E-state index contributed by atoms with van der Waals surface area (Å²) in [6.45, 7) is 6.26. The predicted octanol–water partition coefficient (Wildman–Crippen LogP) is 5.06. The van der Waals surface area contributed by atoms with Crippen LogP contribution in [0.2, 0.25) is 0 Å². The lowest BCUT2D eigenvalue weighted by atomic mass is 10.2. The molecule has 0 atom stereocenters. The second-order valence-electron chi connectivity index (χ2n) is 5.87. The molecule has 1 N–H and O–H groups in total. The Morgan fingerprint density at radius 3 is 1.57 bits per heavy atom. The van der Waals surface area contributed by atoms with Crippen molar-refractivity contribution in [3.05, 3.63) is 0 Å². The zero-order chi connectivity index (χ0) is 15.6. The molecular formula is C18H38O3. The van der Waals surface area contributed by atoms with E-state index >= 15 is 0 Å². The van der Waals surface area contributed by atoms with Gasteiger partial charge < -0.3 is 14.6 Å². The van der Waals surface area contributed by atoms with Gasteiger partial charge in [0.2, 0.25) is 0 Å². The number of hydrogen-bond acceptors (Lipinski definition) is 3. The molecule has 3 nitrogen and oxygen atoms in total. The highest BCUT2D eigenvalue weighted by Gasteiger charge is 2.08. The molecule has 0 radical (unpaired) electrons. The van der Waals surface area contributed by atoms with Gasteiger partial charge >= 0.3 is 0 Å². The van der Waals surface area contributed by atoms with Gasteiger partial charge in [-0.05, 0) is 19.3 Å². The van der Waals surface area contributed by atoms with Crippen molar-refractivity contribution in [1.29, 1.82) is 0 Å². The van der Waals surface area contributed by atoms with Gasteiger partial charge in [-0.3, -0.25) is 0 Å². The molecule has 0 aromatic heterocycles. The van der Waals surface area contributed by atoms with Crippen molar-refractivity contribution in [2.75, 3.05) is 19.8 Å². The van der Waals surface area contributed by atoms with Crippen LogP contribution in [-0.4, -0.2) is 31.2 Å². The predicted molar refractivity (Wildman–Crippen MR) is 89.5 cm³/mol. The molecule has 3 heteroatoms. The number of unbranched alkanes of at least 4 members (excludes halogenated alkanes) is 8. The zero-order valence-corrected chi connectivity index (χ0v) is 14.4. The van der Waals surface area contributed by atoms with Crippen LogP contribution in [0.5, 0.6) is 0 Å². The highest BCUT2D eigenvalue weighted by Crippen LogP contribution is 2.10. The molecule has 0 saturated carbocycles. The topological polar surface area (TPSA) is 38.7 Å². The third-order valence-corrected chi connectivity index (χ3v) is 3.70. The Balaban J connectivity index is 3.56. The van der Waals surface area contributed by atoms with Gasteiger partial charge in [-0.1, -0.05) is 65.2 Å². The molecule has 0 rings (SSSR count). The molecule has 0 aliphatic rings. The van der Waals surface area contributed by atoms with Gasteiger partial charge in [-0.2, -0.15) is 0 Å². The smallest absolute Gasteiger partial charge is 0.157 e. The maximum absolute atomic E-state index is 8.94. The first-order valence-electron chi connectivity index (χ1n) is 9.19. The number of ether oxygens (including phenoxy) is 2. The standard InChI is InChI=1S/C18H38O3/c1-3-5-7-9-11-16-20-18(14-13-15-19)21-17-12-10-8-6-4-2/h18-19H,3-17H2,1-2H3. The van der Waals surface area contributed by atoms with E-state index in [4.69, 9.17) is 14.6 Å². The van der Waals surface area contributed by atoms with Crippen LogP contribution >= 0.6 is 0 Å². The molecular weight excluding hydrogens is 264 g/mol. The van der Waals surface area contributed by atoms with Crippen LogP contribution in [-0.2, 0) is 9.47 Å². The molecule has 128 valence electrons. The Hall–Kier alpha value is -0.120. The summed E-state index contributed by atoms with van der Waals surface area (Å²) < 4.78 is 11.6. The Morgan fingerprint density at radius 2 is 1.14 bits per heavy atom. The summed E-state index contributed by atoms with van der Waals surface area (Å²) in [5.41, 5.74) is 0. The molecule has 0 unspecified atom stereocenters. The first-order chi connectivity index (χ1) is 10.3. The first kappa shape index (κ1) is 20.9. The molecule has 0 saturated heterocycles. The lowest BCUT2D eigenvalue weighted by Gasteiger charge is -2.18. The van der Waals surface area contributed by atoms with E-state index in [0.29, 0.717) is 0 Å². The van der Waals surface area contributed by atoms with Gasteiger partial charge in [0.05, 0.1) is 0 Å². The molecule has 0 aliphatic heterocycles. The lowest BCUT2D eigenvalue weighted by Crippen LogP contribution is -2.19. The van der Waals surface area contributed by atoms with Crippen LogP contribution in [0.15, 0.2) is 0 Å². The van der Waals surface area contributed by atoms with Crippen molar-refractivity contribution in [3.8, 4) is 0 Å². The van der Waals surface area contributed by atoms with Crippen LogP contribution in [0.4, 0.5) is 0 Å². The number of aliphatic hydroxyl groups excluding tert-OH is 1. The fourth-order valence-electron chi connectivity index (χ4n) is 2.31. The number of aliphatic hydroxyl groups is 1. The normalized spacial score (nSPS) is 11.4. The summed E-state index contributed by atoms with van der Waals surface area (Å²) in [5.74, 6) is 0. The Morgan fingerprint density at radius 1 is 0.667 bits per heavy atom. The molecule has 0 heterocycles. The van der Waals surface area contributed by atoms with Crippen molar-refractivity contribution < 1.29 is 14.6 Å². The van der Waals surface area contributed by atoms with Crippen molar-refractivity contribution in [2.24, 2.45) is 0 Å². The van der Waals surface area contributed by atoms with Crippen molar-refractivity contribution in [2.45, 2.75) is 97.2 Å². The highest BCUT2D eigenvalue weighted by molar-refractivity contribution is 4.49. The van der Waals surface area contributed by atoms with E-state index in [1.807, 2.05) is 0 Å². The average Bonchev–Trinajstić information content (AvgIpc) is 2.50. The molecule has 0 bridgehead atoms. The van der Waals surface area contributed by atoms with Crippen LogP contribution in [0.1, 0.15) is 90.9 Å². The second-order valence-corrected chi connectivity index (χ2v) is 5.87. The van der Waals surface area contributed by atoms with E-state index < -0.39 is 0 Å². The van der Waals surface area contributed by atoms with E-state index in [1.54, 1.807) is 0 Å². The van der Waals surface area contributed by atoms with Gasteiger partial charge in [-0.15, -0.1) is 0 Å². The summed E-state index contributed by atoms with van der Waals surface area (Å²) >= 11 is 0.